The van der Waals surface area contributed by atoms with E-state index in [1.54, 1.807) is 0 Å². The fourth-order valence-electron chi connectivity index (χ4n) is 2.91. The number of non-ortho nitro benzene ring substituents is 1. The summed E-state index contributed by atoms with van der Waals surface area (Å²) < 4.78 is 0. The first-order valence-electron chi connectivity index (χ1n) is 8.57. The number of nitrogens with zero attached hydrogens (tertiary/aromatic N) is 2. The number of nitro benzene ring substituents is 1. The van der Waals surface area contributed by atoms with E-state index < -0.39 is 22.7 Å². The molecule has 9 nitrogen and oxygen atoms in total. The van der Waals surface area contributed by atoms with Gasteiger partial charge in [-0.15, -0.1) is 0 Å². The van der Waals surface area contributed by atoms with Crippen LogP contribution < -0.4 is 15.8 Å². The molecule has 0 spiro atoms. The van der Waals surface area contributed by atoms with Gasteiger partial charge in [-0.1, -0.05) is 23.8 Å². The molecule has 1 heterocycles. The predicted octanol–water partition coefficient (Wildman–Crippen LogP) is 1.72. The minimum absolute atomic E-state index is 0.0341. The van der Waals surface area contributed by atoms with Crippen molar-refractivity contribution in [1.82, 2.24) is 10.9 Å². The van der Waals surface area contributed by atoms with E-state index in [0.29, 0.717) is 5.69 Å². The van der Waals surface area contributed by atoms with Gasteiger partial charge in [-0.3, -0.25) is 35.3 Å². The summed E-state index contributed by atoms with van der Waals surface area (Å²) in [5, 5.41) is 10.8. The molecule has 0 unspecified atom stereocenters. The summed E-state index contributed by atoms with van der Waals surface area (Å²) in [6, 6.07) is 12.6. The smallest absolute Gasteiger partial charge is 0.270 e. The molecule has 3 rings (SSSR count). The second-order valence-electron chi connectivity index (χ2n) is 6.49. The van der Waals surface area contributed by atoms with Gasteiger partial charge < -0.3 is 4.90 Å². The number of carbonyl (C=O) groups excluding carboxylic acids is 3. The van der Waals surface area contributed by atoms with Crippen LogP contribution in [0.4, 0.5) is 11.4 Å². The highest BCUT2D eigenvalue weighted by Crippen LogP contribution is 2.25. The van der Waals surface area contributed by atoms with Crippen LogP contribution in [0.3, 0.4) is 0 Å². The summed E-state index contributed by atoms with van der Waals surface area (Å²) in [7, 11) is 0. The van der Waals surface area contributed by atoms with E-state index in [1.165, 1.54) is 23.1 Å². The Morgan fingerprint density at radius 2 is 1.86 bits per heavy atom. The van der Waals surface area contributed by atoms with Crippen LogP contribution in [-0.2, 0) is 9.59 Å². The molecule has 0 aliphatic carbocycles. The highest BCUT2D eigenvalue weighted by molar-refractivity contribution is 6.01. The van der Waals surface area contributed by atoms with Crippen molar-refractivity contribution < 1.29 is 19.3 Å². The van der Waals surface area contributed by atoms with E-state index in [9.17, 15) is 24.5 Å². The maximum absolute atomic E-state index is 12.3. The first-order valence-corrected chi connectivity index (χ1v) is 8.57. The van der Waals surface area contributed by atoms with Crippen LogP contribution >= 0.6 is 0 Å². The molecule has 1 aliphatic heterocycles. The first kappa shape index (κ1) is 19.0. The van der Waals surface area contributed by atoms with Crippen molar-refractivity contribution in [3.63, 3.8) is 0 Å². The van der Waals surface area contributed by atoms with E-state index in [0.717, 1.165) is 11.6 Å². The lowest BCUT2D eigenvalue weighted by atomic mass is 10.1. The molecule has 9 heteroatoms. The maximum Gasteiger partial charge on any atom is 0.270 e. The minimum Gasteiger partial charge on any atom is -0.312 e. The van der Waals surface area contributed by atoms with Crippen molar-refractivity contribution in [2.45, 2.75) is 13.3 Å². The Morgan fingerprint density at radius 3 is 2.54 bits per heavy atom. The van der Waals surface area contributed by atoms with Crippen LogP contribution in [0.2, 0.25) is 0 Å². The van der Waals surface area contributed by atoms with E-state index in [-0.39, 0.29) is 30.1 Å². The summed E-state index contributed by atoms with van der Waals surface area (Å²) in [6.07, 6.45) is 0.0341. The predicted molar refractivity (Wildman–Crippen MR) is 100 cm³/mol. The lowest BCUT2D eigenvalue weighted by Gasteiger charge is -2.17. The number of hydrazine groups is 1. The molecule has 3 amide bonds. The van der Waals surface area contributed by atoms with Gasteiger partial charge in [0.1, 0.15) is 0 Å². The van der Waals surface area contributed by atoms with Crippen LogP contribution in [0.5, 0.6) is 0 Å². The normalized spacial score (nSPS) is 16.0. The molecule has 1 fully saturated rings. The Hall–Kier alpha value is -3.75. The summed E-state index contributed by atoms with van der Waals surface area (Å²) >= 11 is 0. The molecule has 2 aromatic rings. The molecule has 0 bridgehead atoms. The number of hydrogen-bond donors (Lipinski definition) is 2. The zero-order valence-corrected chi connectivity index (χ0v) is 15.0. The van der Waals surface area contributed by atoms with E-state index in [4.69, 9.17) is 0 Å². The Kier molecular flexibility index (Phi) is 5.35. The number of hydrogen-bond acceptors (Lipinski definition) is 5. The summed E-state index contributed by atoms with van der Waals surface area (Å²) in [5.41, 5.74) is 6.10. The maximum atomic E-state index is 12.3. The topological polar surface area (TPSA) is 122 Å². The van der Waals surface area contributed by atoms with Gasteiger partial charge in [-0.2, -0.15) is 0 Å². The third kappa shape index (κ3) is 4.14. The lowest BCUT2D eigenvalue weighted by molar-refractivity contribution is -0.384. The van der Waals surface area contributed by atoms with Crippen LogP contribution in [0.25, 0.3) is 0 Å². The largest absolute Gasteiger partial charge is 0.312 e. The van der Waals surface area contributed by atoms with Gasteiger partial charge in [0.05, 0.1) is 10.8 Å². The third-order valence-corrected chi connectivity index (χ3v) is 4.46. The number of benzene rings is 2. The first-order chi connectivity index (χ1) is 13.3. The highest BCUT2D eigenvalue weighted by atomic mass is 16.6. The van der Waals surface area contributed by atoms with Crippen molar-refractivity contribution in [3.05, 3.63) is 69.8 Å². The van der Waals surface area contributed by atoms with Gasteiger partial charge in [0, 0.05) is 36.3 Å². The average molecular weight is 382 g/mol. The number of anilines is 1. The van der Waals surface area contributed by atoms with Gasteiger partial charge in [0.25, 0.3) is 11.6 Å². The highest BCUT2D eigenvalue weighted by Gasteiger charge is 2.35. The molecule has 2 aromatic carbocycles. The van der Waals surface area contributed by atoms with Crippen LogP contribution in [-0.4, -0.2) is 29.2 Å². The van der Waals surface area contributed by atoms with Crippen LogP contribution in [0, 0.1) is 23.0 Å². The quantitative estimate of drug-likeness (QED) is 0.616. The molecule has 28 heavy (non-hydrogen) atoms. The van der Waals surface area contributed by atoms with Crippen molar-refractivity contribution in [2.24, 2.45) is 5.92 Å². The monoisotopic (exact) mass is 382 g/mol. The molecule has 0 radical (unpaired) electrons. The van der Waals surface area contributed by atoms with Crippen LogP contribution in [0.1, 0.15) is 22.3 Å². The van der Waals surface area contributed by atoms with Gasteiger partial charge in [0.15, 0.2) is 0 Å². The van der Waals surface area contributed by atoms with Crippen LogP contribution in [0.15, 0.2) is 48.5 Å². The Labute approximate surface area is 160 Å². The fraction of sp³-hybridized carbons (Fsp3) is 0.211. The molecular weight excluding hydrogens is 364 g/mol. The van der Waals surface area contributed by atoms with Gasteiger partial charge in [-0.25, -0.2) is 0 Å². The molecular formula is C19H18N4O5. The SMILES string of the molecule is Cc1ccc(N2C[C@H](C(=O)NNC(=O)c3cccc([N+](=O)[O-])c3)CC2=O)cc1. The van der Waals surface area contributed by atoms with Crippen molar-refractivity contribution in [3.8, 4) is 0 Å². The van der Waals surface area contributed by atoms with Gasteiger partial charge in [0.2, 0.25) is 11.8 Å². The third-order valence-electron chi connectivity index (χ3n) is 4.46. The lowest BCUT2D eigenvalue weighted by Crippen LogP contribution is -2.45. The minimum atomic E-state index is -0.684. The number of amides is 3. The van der Waals surface area contributed by atoms with Crippen molar-refractivity contribution >= 4 is 29.1 Å². The zero-order chi connectivity index (χ0) is 20.3. The number of aryl methyl sites for hydroxylation is 1. The number of rotatable bonds is 4. The van der Waals surface area contributed by atoms with Crippen molar-refractivity contribution in [1.29, 1.82) is 0 Å². The van der Waals surface area contributed by atoms with E-state index in [2.05, 4.69) is 10.9 Å². The van der Waals surface area contributed by atoms with E-state index >= 15 is 0 Å². The standard InChI is InChI=1S/C19H18N4O5/c1-12-5-7-15(8-6-12)22-11-14(10-17(22)24)19(26)21-20-18(25)13-3-2-4-16(9-13)23(27)28/h2-9,14H,10-11H2,1H3,(H,20,25)(H,21,26)/t14-/m1/s1. The number of nitro groups is 1. The molecule has 1 saturated heterocycles. The Balaban J connectivity index is 1.59. The zero-order valence-electron chi connectivity index (χ0n) is 15.0. The molecule has 2 N–H and O–H groups in total. The van der Waals surface area contributed by atoms with Gasteiger partial charge >= 0.3 is 0 Å². The van der Waals surface area contributed by atoms with Gasteiger partial charge in [-0.05, 0) is 25.1 Å². The summed E-state index contributed by atoms with van der Waals surface area (Å²) in [4.78, 5) is 48.3. The number of carbonyl (C=O) groups is 3. The Bertz CT molecular complexity index is 942. The second kappa shape index (κ2) is 7.87. The molecule has 1 atom stereocenters. The van der Waals surface area contributed by atoms with E-state index in [1.807, 2.05) is 31.2 Å². The summed E-state index contributed by atoms with van der Waals surface area (Å²) in [5.74, 6) is -1.97. The fourth-order valence-corrected chi connectivity index (χ4v) is 2.91. The Morgan fingerprint density at radius 1 is 1.14 bits per heavy atom. The second-order valence-corrected chi connectivity index (χ2v) is 6.49. The number of nitrogens with one attached hydrogen (secondary N) is 2. The molecule has 0 saturated carbocycles. The average Bonchev–Trinajstić information content (AvgIpc) is 3.08. The molecule has 0 aromatic heterocycles. The molecule has 1 aliphatic rings. The molecule has 144 valence electrons. The van der Waals surface area contributed by atoms with Crippen molar-refractivity contribution in [2.75, 3.05) is 11.4 Å². The summed E-state index contributed by atoms with van der Waals surface area (Å²) in [6.45, 7) is 2.15.